The molecule has 0 aliphatic heterocycles. The fourth-order valence-corrected chi connectivity index (χ4v) is 4.68. The van der Waals surface area contributed by atoms with Gasteiger partial charge in [0.2, 0.25) is 0 Å². The minimum Gasteiger partial charge on any atom is -0.460 e. The Labute approximate surface area is 193 Å². The van der Waals surface area contributed by atoms with Crippen LogP contribution in [0.15, 0.2) is 65.7 Å². The van der Waals surface area contributed by atoms with E-state index in [0.29, 0.717) is 17.0 Å². The summed E-state index contributed by atoms with van der Waals surface area (Å²) in [5, 5.41) is 3.52. The van der Waals surface area contributed by atoms with Gasteiger partial charge in [0.05, 0.1) is 17.9 Å². The third kappa shape index (κ3) is 4.36. The largest absolute Gasteiger partial charge is 0.460 e. The van der Waals surface area contributed by atoms with Crippen LogP contribution in [0.5, 0.6) is 0 Å². The second kappa shape index (κ2) is 9.08. The van der Waals surface area contributed by atoms with Crippen LogP contribution in [-0.4, -0.2) is 38.6 Å². The van der Waals surface area contributed by atoms with Crippen LogP contribution >= 0.6 is 15.9 Å². The number of esters is 1. The molecule has 162 valence electrons. The molecule has 0 saturated heterocycles. The topological polar surface area (TPSA) is 92.8 Å². The highest BCUT2D eigenvalue weighted by molar-refractivity contribution is 9.10. The number of aromatic nitrogens is 4. The zero-order valence-corrected chi connectivity index (χ0v) is 18.9. The van der Waals surface area contributed by atoms with E-state index >= 15 is 0 Å². The van der Waals surface area contributed by atoms with Gasteiger partial charge in [-0.25, -0.2) is 19.7 Å². The van der Waals surface area contributed by atoms with Crippen LogP contribution in [0.25, 0.3) is 11.2 Å². The number of fused-ring (bicyclic) bond motifs is 2. The number of anilines is 1. The number of benzene rings is 2. The lowest BCUT2D eigenvalue weighted by Gasteiger charge is -2.32. The van der Waals surface area contributed by atoms with Gasteiger partial charge in [-0.3, -0.25) is 0 Å². The minimum atomic E-state index is -0.344. The molecule has 5 rings (SSSR count). The SMILES string of the molecule is O=C(OCC(Nc1ncnc2nc[nH]c12)C1CCc2ccccc2C1)c1cccc(Br)c1. The highest BCUT2D eigenvalue weighted by atomic mass is 79.9. The van der Waals surface area contributed by atoms with Crippen molar-refractivity contribution in [1.82, 2.24) is 19.9 Å². The van der Waals surface area contributed by atoms with Crippen molar-refractivity contribution in [2.75, 3.05) is 11.9 Å². The van der Waals surface area contributed by atoms with E-state index in [9.17, 15) is 4.79 Å². The molecule has 0 spiro atoms. The van der Waals surface area contributed by atoms with E-state index in [-0.39, 0.29) is 24.5 Å². The quantitative estimate of drug-likeness (QED) is 0.384. The van der Waals surface area contributed by atoms with Gasteiger partial charge in [0.15, 0.2) is 11.5 Å². The second-order valence-electron chi connectivity index (χ2n) is 7.95. The first-order valence-electron chi connectivity index (χ1n) is 10.6. The molecule has 1 aliphatic rings. The number of carbonyl (C=O) groups excluding carboxylic acids is 1. The van der Waals surface area contributed by atoms with Gasteiger partial charge in [-0.05, 0) is 54.5 Å². The number of halogens is 1. The Morgan fingerprint density at radius 1 is 1.16 bits per heavy atom. The molecule has 8 heteroatoms. The fourth-order valence-electron chi connectivity index (χ4n) is 4.28. The van der Waals surface area contributed by atoms with Gasteiger partial charge in [0.1, 0.15) is 18.5 Å². The van der Waals surface area contributed by atoms with Crippen LogP contribution in [0, 0.1) is 5.92 Å². The van der Waals surface area contributed by atoms with Gasteiger partial charge < -0.3 is 15.0 Å². The molecule has 2 aromatic carbocycles. The zero-order chi connectivity index (χ0) is 21.9. The van der Waals surface area contributed by atoms with Gasteiger partial charge in [-0.2, -0.15) is 0 Å². The van der Waals surface area contributed by atoms with Crippen molar-refractivity contribution in [1.29, 1.82) is 0 Å². The maximum Gasteiger partial charge on any atom is 0.338 e. The summed E-state index contributed by atoms with van der Waals surface area (Å²) < 4.78 is 6.60. The average molecular weight is 492 g/mol. The number of ether oxygens (including phenoxy) is 1. The van der Waals surface area contributed by atoms with Gasteiger partial charge in [0.25, 0.3) is 0 Å². The number of H-pyrrole nitrogens is 1. The van der Waals surface area contributed by atoms with Crippen LogP contribution in [0.4, 0.5) is 5.82 Å². The predicted octanol–water partition coefficient (Wildman–Crippen LogP) is 4.56. The van der Waals surface area contributed by atoms with Gasteiger partial charge in [-0.1, -0.05) is 46.3 Å². The van der Waals surface area contributed by atoms with E-state index in [1.165, 1.54) is 17.5 Å². The lowest BCUT2D eigenvalue weighted by atomic mass is 9.80. The van der Waals surface area contributed by atoms with E-state index in [2.05, 4.69) is 65.4 Å². The number of imidazole rings is 1. The van der Waals surface area contributed by atoms with Gasteiger partial charge in [0, 0.05) is 4.47 Å². The Morgan fingerprint density at radius 3 is 2.91 bits per heavy atom. The molecule has 1 aliphatic carbocycles. The molecule has 0 radical (unpaired) electrons. The van der Waals surface area contributed by atoms with Crippen LogP contribution < -0.4 is 5.32 Å². The molecule has 2 unspecified atom stereocenters. The first-order valence-corrected chi connectivity index (χ1v) is 11.4. The summed E-state index contributed by atoms with van der Waals surface area (Å²) in [6.45, 7) is 0.234. The third-order valence-corrected chi connectivity index (χ3v) is 6.45. The number of aromatic amines is 1. The number of aryl methyl sites for hydroxylation is 1. The van der Waals surface area contributed by atoms with E-state index < -0.39 is 0 Å². The summed E-state index contributed by atoms with van der Waals surface area (Å²) in [5.41, 5.74) is 4.60. The maximum atomic E-state index is 12.7. The first-order chi connectivity index (χ1) is 15.7. The molecule has 0 saturated carbocycles. The normalized spacial score (nSPS) is 16.3. The predicted molar refractivity (Wildman–Crippen MR) is 125 cm³/mol. The lowest BCUT2D eigenvalue weighted by Crippen LogP contribution is -2.38. The fraction of sp³-hybridized carbons (Fsp3) is 0.250. The Bertz CT molecular complexity index is 1260. The highest BCUT2D eigenvalue weighted by Gasteiger charge is 2.28. The number of nitrogens with one attached hydrogen (secondary N) is 2. The minimum absolute atomic E-state index is 0.110. The van der Waals surface area contributed by atoms with Crippen LogP contribution in [-0.2, 0) is 17.6 Å². The summed E-state index contributed by atoms with van der Waals surface area (Å²) in [5.74, 6) is 0.603. The third-order valence-electron chi connectivity index (χ3n) is 5.95. The monoisotopic (exact) mass is 491 g/mol. The molecular weight excluding hydrogens is 470 g/mol. The number of hydrogen-bond acceptors (Lipinski definition) is 6. The van der Waals surface area contributed by atoms with Crippen molar-refractivity contribution in [2.24, 2.45) is 5.92 Å². The second-order valence-corrected chi connectivity index (χ2v) is 8.87. The van der Waals surface area contributed by atoms with E-state index in [0.717, 1.165) is 29.3 Å². The Balaban J connectivity index is 1.38. The summed E-state index contributed by atoms with van der Waals surface area (Å²) in [6, 6.07) is 15.7. The molecule has 4 aromatic rings. The van der Waals surface area contributed by atoms with Gasteiger partial charge in [-0.15, -0.1) is 0 Å². The summed E-state index contributed by atoms with van der Waals surface area (Å²) in [4.78, 5) is 28.6. The van der Waals surface area contributed by atoms with E-state index in [1.807, 2.05) is 12.1 Å². The maximum absolute atomic E-state index is 12.7. The van der Waals surface area contributed by atoms with Crippen LogP contribution in [0.2, 0.25) is 0 Å². The molecule has 2 N–H and O–H groups in total. The van der Waals surface area contributed by atoms with Crippen molar-refractivity contribution < 1.29 is 9.53 Å². The Morgan fingerprint density at radius 2 is 2.03 bits per heavy atom. The van der Waals surface area contributed by atoms with E-state index in [4.69, 9.17) is 4.74 Å². The highest BCUT2D eigenvalue weighted by Crippen LogP contribution is 2.30. The molecule has 0 bridgehead atoms. The first kappa shape index (κ1) is 20.6. The summed E-state index contributed by atoms with van der Waals surface area (Å²) >= 11 is 3.41. The summed E-state index contributed by atoms with van der Waals surface area (Å²) in [6.07, 6.45) is 6.01. The number of hydrogen-bond donors (Lipinski definition) is 2. The smallest absolute Gasteiger partial charge is 0.338 e. The van der Waals surface area contributed by atoms with Gasteiger partial charge >= 0.3 is 5.97 Å². The molecule has 2 atom stereocenters. The Hall–Kier alpha value is -3.26. The molecule has 0 fully saturated rings. The number of rotatable bonds is 6. The van der Waals surface area contributed by atoms with Crippen molar-refractivity contribution in [3.05, 3.63) is 82.3 Å². The zero-order valence-electron chi connectivity index (χ0n) is 17.3. The molecule has 2 heterocycles. The van der Waals surface area contributed by atoms with Crippen molar-refractivity contribution in [3.8, 4) is 0 Å². The lowest BCUT2D eigenvalue weighted by molar-refractivity contribution is 0.0462. The Kier molecular flexibility index (Phi) is 5.85. The average Bonchev–Trinajstić information content (AvgIpc) is 3.31. The summed E-state index contributed by atoms with van der Waals surface area (Å²) in [7, 11) is 0. The molecule has 2 aromatic heterocycles. The van der Waals surface area contributed by atoms with Crippen molar-refractivity contribution in [2.45, 2.75) is 25.3 Å². The number of carbonyl (C=O) groups is 1. The molecule has 7 nitrogen and oxygen atoms in total. The van der Waals surface area contributed by atoms with Crippen molar-refractivity contribution in [3.63, 3.8) is 0 Å². The van der Waals surface area contributed by atoms with Crippen LogP contribution in [0.1, 0.15) is 27.9 Å². The van der Waals surface area contributed by atoms with Crippen molar-refractivity contribution >= 4 is 38.9 Å². The van der Waals surface area contributed by atoms with Crippen LogP contribution in [0.3, 0.4) is 0 Å². The molecule has 32 heavy (non-hydrogen) atoms. The number of nitrogens with zero attached hydrogens (tertiary/aromatic N) is 3. The molecule has 0 amide bonds. The van der Waals surface area contributed by atoms with E-state index in [1.54, 1.807) is 18.5 Å². The standard InChI is InChI=1S/C24H22BrN5O2/c25-19-7-3-6-18(11-19)24(31)32-12-20(17-9-8-15-4-1-2-5-16(15)10-17)30-23-21-22(27-13-26-21)28-14-29-23/h1-7,11,13-14,17,20H,8-10,12H2,(H2,26,27,28,29,30). The molecular formula is C24H22BrN5O2.